The Hall–Kier alpha value is -0.720. The van der Waals surface area contributed by atoms with Gasteiger partial charge in [0.1, 0.15) is 5.37 Å². The fourth-order valence-electron chi connectivity index (χ4n) is 3.07. The van der Waals surface area contributed by atoms with Crippen molar-refractivity contribution in [2.45, 2.75) is 49.6 Å². The van der Waals surface area contributed by atoms with E-state index in [4.69, 9.17) is 17.0 Å². The van der Waals surface area contributed by atoms with Crippen LogP contribution in [0, 0.1) is 0 Å². The van der Waals surface area contributed by atoms with Crippen molar-refractivity contribution < 1.29 is 9.53 Å². The molecule has 0 saturated carbocycles. The minimum absolute atomic E-state index is 0.0546. The number of nitrogens with zero attached hydrogens (tertiary/aromatic N) is 1. The summed E-state index contributed by atoms with van der Waals surface area (Å²) in [7, 11) is 0. The number of benzene rings is 1. The standard InChI is InChI=1S/C17H23NO2S3/c1-6-20-15(21)22-14-17(5,13-10-8-7-9-11-13)23-16(3,4)18(14)12(2)19/h7-11,14H,6H2,1-5H3. The van der Waals surface area contributed by atoms with Gasteiger partial charge in [0.15, 0.2) is 0 Å². The van der Waals surface area contributed by atoms with Crippen LogP contribution in [0.25, 0.3) is 0 Å². The summed E-state index contributed by atoms with van der Waals surface area (Å²) < 4.78 is 5.70. The topological polar surface area (TPSA) is 29.5 Å². The van der Waals surface area contributed by atoms with Crippen LogP contribution in [0.5, 0.6) is 0 Å². The summed E-state index contributed by atoms with van der Waals surface area (Å²) in [4.78, 5) is 14.0. The Morgan fingerprint density at radius 2 is 1.96 bits per heavy atom. The molecule has 0 aliphatic carbocycles. The Morgan fingerprint density at radius 1 is 1.35 bits per heavy atom. The summed E-state index contributed by atoms with van der Waals surface area (Å²) in [6.07, 6.45) is 0. The summed E-state index contributed by atoms with van der Waals surface area (Å²) >= 11 is 8.61. The fourth-order valence-corrected chi connectivity index (χ4v) is 6.89. The lowest BCUT2D eigenvalue weighted by molar-refractivity contribution is -0.131. The largest absolute Gasteiger partial charge is 0.479 e. The monoisotopic (exact) mass is 369 g/mol. The van der Waals surface area contributed by atoms with E-state index in [9.17, 15) is 4.79 Å². The number of carbonyl (C=O) groups excluding carboxylic acids is 1. The highest BCUT2D eigenvalue weighted by Gasteiger charge is 2.56. The second-order valence-corrected chi connectivity index (χ2v) is 9.80. The zero-order valence-electron chi connectivity index (χ0n) is 14.2. The molecule has 1 aliphatic rings. The first-order valence-corrected chi connectivity index (χ1v) is 9.72. The third-order valence-corrected chi connectivity index (χ3v) is 7.25. The van der Waals surface area contributed by atoms with Crippen LogP contribution in [-0.2, 0) is 14.3 Å². The third-order valence-electron chi connectivity index (χ3n) is 3.90. The van der Waals surface area contributed by atoms with Gasteiger partial charge in [0.05, 0.1) is 16.2 Å². The molecule has 0 N–H and O–H groups in total. The van der Waals surface area contributed by atoms with E-state index in [-0.39, 0.29) is 20.9 Å². The molecule has 0 spiro atoms. The molecule has 1 heterocycles. The zero-order chi connectivity index (χ0) is 17.3. The van der Waals surface area contributed by atoms with Crippen molar-refractivity contribution in [3.05, 3.63) is 35.9 Å². The van der Waals surface area contributed by atoms with E-state index in [0.29, 0.717) is 11.0 Å². The van der Waals surface area contributed by atoms with Gasteiger partial charge in [-0.05, 0) is 57.2 Å². The second-order valence-electron chi connectivity index (χ2n) is 6.06. The van der Waals surface area contributed by atoms with Crippen LogP contribution in [0.15, 0.2) is 30.3 Å². The lowest BCUT2D eigenvalue weighted by Gasteiger charge is -2.35. The minimum atomic E-state index is -0.310. The van der Waals surface area contributed by atoms with Gasteiger partial charge in [0.2, 0.25) is 10.3 Å². The molecule has 2 atom stereocenters. The Labute approximate surface area is 152 Å². The molecule has 1 aliphatic heterocycles. The molecule has 3 nitrogen and oxygen atoms in total. The predicted octanol–water partition coefficient (Wildman–Crippen LogP) is 4.61. The van der Waals surface area contributed by atoms with Crippen molar-refractivity contribution in [1.82, 2.24) is 4.90 Å². The van der Waals surface area contributed by atoms with Crippen LogP contribution in [0.1, 0.15) is 40.2 Å². The number of carbonyl (C=O) groups is 1. The highest BCUT2D eigenvalue weighted by Crippen LogP contribution is 2.59. The van der Waals surface area contributed by atoms with Crippen LogP contribution in [0.2, 0.25) is 0 Å². The molecule has 126 valence electrons. The van der Waals surface area contributed by atoms with Gasteiger partial charge >= 0.3 is 0 Å². The van der Waals surface area contributed by atoms with Gasteiger partial charge in [-0.2, -0.15) is 0 Å². The highest BCUT2D eigenvalue weighted by atomic mass is 32.2. The molecular weight excluding hydrogens is 346 g/mol. The smallest absolute Gasteiger partial charge is 0.222 e. The van der Waals surface area contributed by atoms with Crippen LogP contribution >= 0.6 is 35.7 Å². The summed E-state index contributed by atoms with van der Waals surface area (Å²) in [6, 6.07) is 10.3. The van der Waals surface area contributed by atoms with Gasteiger partial charge in [-0.15, -0.1) is 11.8 Å². The average molecular weight is 370 g/mol. The number of ether oxygens (including phenoxy) is 1. The molecule has 2 rings (SSSR count). The van der Waals surface area contributed by atoms with Crippen molar-refractivity contribution in [2.75, 3.05) is 6.61 Å². The van der Waals surface area contributed by atoms with E-state index in [1.807, 2.05) is 30.0 Å². The van der Waals surface area contributed by atoms with E-state index in [2.05, 4.69) is 32.9 Å². The van der Waals surface area contributed by atoms with Crippen LogP contribution < -0.4 is 0 Å². The number of thiocarbonyl (C=S) groups is 1. The van der Waals surface area contributed by atoms with Crippen molar-refractivity contribution in [3.63, 3.8) is 0 Å². The van der Waals surface area contributed by atoms with E-state index in [1.54, 1.807) is 18.7 Å². The van der Waals surface area contributed by atoms with Crippen LogP contribution in [0.3, 0.4) is 0 Å². The quantitative estimate of drug-likeness (QED) is 0.726. The number of amides is 1. The Morgan fingerprint density at radius 3 is 2.48 bits per heavy atom. The molecule has 1 aromatic carbocycles. The second kappa shape index (κ2) is 7.03. The molecule has 0 bridgehead atoms. The van der Waals surface area contributed by atoms with Crippen LogP contribution in [-0.4, -0.2) is 32.0 Å². The van der Waals surface area contributed by atoms with E-state index < -0.39 is 0 Å². The Balaban J connectivity index is 2.46. The maximum atomic E-state index is 12.3. The molecule has 6 heteroatoms. The minimum Gasteiger partial charge on any atom is -0.479 e. The Bertz CT molecular complexity index is 591. The molecule has 23 heavy (non-hydrogen) atoms. The number of thioether (sulfide) groups is 2. The number of hydrogen-bond donors (Lipinski definition) is 0. The fraction of sp³-hybridized carbons (Fsp3) is 0.529. The lowest BCUT2D eigenvalue weighted by atomic mass is 9.99. The summed E-state index contributed by atoms with van der Waals surface area (Å²) in [5.41, 5.74) is 1.19. The van der Waals surface area contributed by atoms with Crippen molar-refractivity contribution >= 4 is 46.0 Å². The molecule has 1 fully saturated rings. The van der Waals surface area contributed by atoms with Crippen molar-refractivity contribution in [3.8, 4) is 0 Å². The lowest BCUT2D eigenvalue weighted by Crippen LogP contribution is -2.47. The first kappa shape index (κ1) is 18.6. The van der Waals surface area contributed by atoms with Crippen molar-refractivity contribution in [2.24, 2.45) is 0 Å². The van der Waals surface area contributed by atoms with Gasteiger partial charge in [-0.1, -0.05) is 30.3 Å². The number of rotatable bonds is 3. The first-order chi connectivity index (χ1) is 10.7. The predicted molar refractivity (Wildman–Crippen MR) is 104 cm³/mol. The van der Waals surface area contributed by atoms with Crippen LogP contribution in [0.4, 0.5) is 0 Å². The van der Waals surface area contributed by atoms with Gasteiger partial charge in [0.25, 0.3) is 0 Å². The van der Waals surface area contributed by atoms with E-state index in [1.165, 1.54) is 17.3 Å². The molecule has 0 aromatic heterocycles. The SMILES string of the molecule is CCOC(=S)SC1N(C(C)=O)C(C)(C)SC1(C)c1ccccc1. The Kier molecular flexibility index (Phi) is 5.69. The molecule has 1 aromatic rings. The molecule has 2 unspecified atom stereocenters. The van der Waals surface area contributed by atoms with E-state index in [0.717, 1.165) is 0 Å². The maximum absolute atomic E-state index is 12.3. The highest BCUT2D eigenvalue weighted by molar-refractivity contribution is 8.23. The molecule has 1 saturated heterocycles. The van der Waals surface area contributed by atoms with Gasteiger partial charge < -0.3 is 9.64 Å². The molecular formula is C17H23NO2S3. The summed E-state index contributed by atoms with van der Waals surface area (Å²) in [5.74, 6) is 0.0546. The summed E-state index contributed by atoms with van der Waals surface area (Å²) in [6.45, 7) is 10.4. The van der Waals surface area contributed by atoms with E-state index >= 15 is 0 Å². The van der Waals surface area contributed by atoms with Gasteiger partial charge in [-0.25, -0.2) is 0 Å². The number of hydrogen-bond acceptors (Lipinski definition) is 5. The average Bonchev–Trinajstić information content (AvgIpc) is 2.67. The van der Waals surface area contributed by atoms with Gasteiger partial charge in [-0.3, -0.25) is 4.79 Å². The molecule has 1 amide bonds. The zero-order valence-corrected chi connectivity index (χ0v) is 16.6. The van der Waals surface area contributed by atoms with Gasteiger partial charge in [0, 0.05) is 6.92 Å². The third kappa shape index (κ3) is 3.69. The summed E-state index contributed by atoms with van der Waals surface area (Å²) in [5, 5.41) is -0.110. The first-order valence-electron chi connectivity index (χ1n) is 7.61. The molecule has 0 radical (unpaired) electrons. The normalized spacial score (nSPS) is 26.1. The maximum Gasteiger partial charge on any atom is 0.222 e. The van der Waals surface area contributed by atoms with Crippen molar-refractivity contribution in [1.29, 1.82) is 0 Å².